The molecule has 0 bridgehead atoms. The lowest BCUT2D eigenvalue weighted by molar-refractivity contribution is -0.384. The van der Waals surface area contributed by atoms with E-state index in [1.807, 2.05) is 14.1 Å². The zero-order valence-corrected chi connectivity index (χ0v) is 9.23. The summed E-state index contributed by atoms with van der Waals surface area (Å²) < 4.78 is 0. The fraction of sp³-hybridized carbons (Fsp3) is 0.200. The molecule has 5 heteroatoms. The van der Waals surface area contributed by atoms with Crippen molar-refractivity contribution in [3.05, 3.63) is 45.1 Å². The molecule has 0 N–H and O–H groups in total. The molecule has 0 aliphatic carbocycles. The van der Waals surface area contributed by atoms with Gasteiger partial charge < -0.3 is 4.90 Å². The molecule has 0 aromatic heterocycles. The van der Waals surface area contributed by atoms with E-state index >= 15 is 0 Å². The first-order chi connectivity index (χ1) is 7.02. The van der Waals surface area contributed by atoms with E-state index < -0.39 is 4.92 Å². The van der Waals surface area contributed by atoms with Crippen LogP contribution in [-0.2, 0) is 0 Å². The fourth-order valence-electron chi connectivity index (χ4n) is 1.09. The minimum absolute atomic E-state index is 0.0581. The molecule has 0 atom stereocenters. The van der Waals surface area contributed by atoms with Crippen LogP contribution in [0.5, 0.6) is 0 Å². The van der Waals surface area contributed by atoms with Crippen molar-refractivity contribution < 1.29 is 4.92 Å². The molecule has 0 radical (unpaired) electrons. The van der Waals surface area contributed by atoms with Gasteiger partial charge in [-0.1, -0.05) is 17.7 Å². The number of hydrogen-bond donors (Lipinski definition) is 0. The summed E-state index contributed by atoms with van der Waals surface area (Å²) in [5.41, 5.74) is 0.443. The summed E-state index contributed by atoms with van der Waals surface area (Å²) >= 11 is 5.75. The first-order valence-corrected chi connectivity index (χ1v) is 4.67. The lowest BCUT2D eigenvalue weighted by Crippen LogP contribution is -2.00. The Kier molecular flexibility index (Phi) is 3.68. The van der Waals surface area contributed by atoms with Crippen molar-refractivity contribution >= 4 is 23.4 Å². The lowest BCUT2D eigenvalue weighted by atomic mass is 10.2. The van der Waals surface area contributed by atoms with Crippen LogP contribution in [0.25, 0.3) is 6.08 Å². The molecule has 80 valence electrons. The van der Waals surface area contributed by atoms with Gasteiger partial charge in [-0.25, -0.2) is 0 Å². The molecule has 0 fully saturated rings. The molecule has 0 amide bonds. The summed E-state index contributed by atoms with van der Waals surface area (Å²) in [5.74, 6) is 0. The Bertz CT molecular complexity index is 402. The Hall–Kier alpha value is -1.55. The van der Waals surface area contributed by atoms with Gasteiger partial charge in [-0.3, -0.25) is 10.1 Å². The van der Waals surface area contributed by atoms with Crippen LogP contribution in [0.4, 0.5) is 5.69 Å². The van der Waals surface area contributed by atoms with Gasteiger partial charge in [0.1, 0.15) is 5.02 Å². The minimum atomic E-state index is -0.475. The van der Waals surface area contributed by atoms with Crippen molar-refractivity contribution in [1.29, 1.82) is 0 Å². The predicted molar refractivity (Wildman–Crippen MR) is 60.8 cm³/mol. The molecule has 0 heterocycles. The van der Waals surface area contributed by atoms with Gasteiger partial charge in [0.2, 0.25) is 0 Å². The van der Waals surface area contributed by atoms with Gasteiger partial charge in [-0.15, -0.1) is 0 Å². The first-order valence-electron chi connectivity index (χ1n) is 4.30. The standard InChI is InChI=1S/C10H11ClN2O2/c1-12(2)7-6-8-4-3-5-9(11)10(8)13(14)15/h3-7H,1-2H3/b7-6+. The van der Waals surface area contributed by atoms with Crippen LogP contribution in [0, 0.1) is 10.1 Å². The van der Waals surface area contributed by atoms with E-state index in [4.69, 9.17) is 11.6 Å². The molecule has 0 unspecified atom stereocenters. The highest BCUT2D eigenvalue weighted by Gasteiger charge is 2.15. The van der Waals surface area contributed by atoms with E-state index in [0.717, 1.165) is 0 Å². The van der Waals surface area contributed by atoms with E-state index in [0.29, 0.717) is 5.56 Å². The molecule has 0 saturated carbocycles. The van der Waals surface area contributed by atoms with Crippen LogP contribution < -0.4 is 0 Å². The second-order valence-electron chi connectivity index (χ2n) is 3.21. The smallest absolute Gasteiger partial charge is 0.295 e. The topological polar surface area (TPSA) is 46.4 Å². The van der Waals surface area contributed by atoms with Crippen LogP contribution in [0.2, 0.25) is 5.02 Å². The van der Waals surface area contributed by atoms with Crippen molar-refractivity contribution in [1.82, 2.24) is 4.90 Å². The molecular formula is C10H11ClN2O2. The highest BCUT2D eigenvalue weighted by Crippen LogP contribution is 2.28. The van der Waals surface area contributed by atoms with Gasteiger partial charge in [0, 0.05) is 14.1 Å². The molecule has 0 saturated heterocycles. The molecule has 1 aromatic rings. The van der Waals surface area contributed by atoms with Crippen molar-refractivity contribution in [2.75, 3.05) is 14.1 Å². The van der Waals surface area contributed by atoms with E-state index in [1.54, 1.807) is 29.3 Å². The number of nitro benzene ring substituents is 1. The van der Waals surface area contributed by atoms with E-state index in [2.05, 4.69) is 0 Å². The third kappa shape index (κ3) is 2.95. The second kappa shape index (κ2) is 4.79. The quantitative estimate of drug-likeness (QED) is 0.588. The first kappa shape index (κ1) is 11.5. The second-order valence-corrected chi connectivity index (χ2v) is 3.62. The molecule has 0 aliphatic rings. The van der Waals surface area contributed by atoms with Crippen LogP contribution in [0.3, 0.4) is 0 Å². The normalized spacial score (nSPS) is 10.6. The summed E-state index contributed by atoms with van der Waals surface area (Å²) in [6.07, 6.45) is 3.39. The SMILES string of the molecule is CN(C)/C=C/c1cccc(Cl)c1[N+](=O)[O-]. The molecule has 0 aliphatic heterocycles. The molecule has 0 spiro atoms. The number of benzene rings is 1. The predicted octanol–water partition coefficient (Wildman–Crippen LogP) is 2.78. The Morgan fingerprint density at radius 1 is 1.47 bits per heavy atom. The van der Waals surface area contributed by atoms with Crippen LogP contribution in [0.1, 0.15) is 5.56 Å². The van der Waals surface area contributed by atoms with Crippen molar-refractivity contribution in [2.24, 2.45) is 0 Å². The fourth-order valence-corrected chi connectivity index (χ4v) is 1.34. The van der Waals surface area contributed by atoms with E-state index in [1.165, 1.54) is 6.07 Å². The number of halogens is 1. The van der Waals surface area contributed by atoms with Gasteiger partial charge >= 0.3 is 0 Å². The maximum atomic E-state index is 10.8. The summed E-state index contributed by atoms with van der Waals surface area (Å²) in [6, 6.07) is 4.85. The summed E-state index contributed by atoms with van der Waals surface area (Å²) in [7, 11) is 3.68. The van der Waals surface area contributed by atoms with Gasteiger partial charge in [0.05, 0.1) is 10.5 Å². The van der Waals surface area contributed by atoms with Crippen molar-refractivity contribution in [3.8, 4) is 0 Å². The zero-order chi connectivity index (χ0) is 11.4. The van der Waals surface area contributed by atoms with Crippen molar-refractivity contribution in [2.45, 2.75) is 0 Å². The number of nitro groups is 1. The minimum Gasteiger partial charge on any atom is -0.383 e. The van der Waals surface area contributed by atoms with Gasteiger partial charge in [-0.05, 0) is 24.4 Å². The lowest BCUT2D eigenvalue weighted by Gasteiger charge is -2.04. The number of nitrogens with zero attached hydrogens (tertiary/aromatic N) is 2. The van der Waals surface area contributed by atoms with Crippen LogP contribution >= 0.6 is 11.6 Å². The molecule has 15 heavy (non-hydrogen) atoms. The van der Waals surface area contributed by atoms with Crippen molar-refractivity contribution in [3.63, 3.8) is 0 Å². The Morgan fingerprint density at radius 2 is 2.13 bits per heavy atom. The van der Waals surface area contributed by atoms with Crippen LogP contribution in [-0.4, -0.2) is 23.9 Å². The number of para-hydroxylation sites is 1. The Labute approximate surface area is 92.9 Å². The maximum Gasteiger partial charge on any atom is 0.295 e. The summed E-state index contributed by atoms with van der Waals surface area (Å²) in [5, 5.41) is 10.9. The third-order valence-corrected chi connectivity index (χ3v) is 2.06. The zero-order valence-electron chi connectivity index (χ0n) is 8.48. The number of hydrogen-bond acceptors (Lipinski definition) is 3. The average molecular weight is 227 g/mol. The Morgan fingerprint density at radius 3 is 2.67 bits per heavy atom. The third-order valence-electron chi connectivity index (χ3n) is 1.75. The summed E-state index contributed by atoms with van der Waals surface area (Å²) in [6.45, 7) is 0. The number of rotatable bonds is 3. The average Bonchev–Trinajstić information content (AvgIpc) is 2.13. The van der Waals surface area contributed by atoms with Gasteiger partial charge in [0.15, 0.2) is 0 Å². The van der Waals surface area contributed by atoms with Gasteiger partial charge in [0.25, 0.3) is 5.69 Å². The van der Waals surface area contributed by atoms with Gasteiger partial charge in [-0.2, -0.15) is 0 Å². The van der Waals surface area contributed by atoms with Crippen LogP contribution in [0.15, 0.2) is 24.4 Å². The Balaban J connectivity index is 3.17. The van der Waals surface area contributed by atoms with E-state index in [-0.39, 0.29) is 10.7 Å². The highest BCUT2D eigenvalue weighted by molar-refractivity contribution is 6.32. The van der Waals surface area contributed by atoms with E-state index in [9.17, 15) is 10.1 Å². The molecule has 1 rings (SSSR count). The molecule has 1 aromatic carbocycles. The monoisotopic (exact) mass is 226 g/mol. The maximum absolute atomic E-state index is 10.8. The largest absolute Gasteiger partial charge is 0.383 e. The molecular weight excluding hydrogens is 216 g/mol. The highest BCUT2D eigenvalue weighted by atomic mass is 35.5. The summed E-state index contributed by atoms with van der Waals surface area (Å²) in [4.78, 5) is 12.1. The molecule has 4 nitrogen and oxygen atoms in total.